The smallest absolute Gasteiger partial charge is 0.251 e. The lowest BCUT2D eigenvalue weighted by Gasteiger charge is -2.28. The SMILES string of the molecule is Cc1cc(NC(=O)C2C(=O)c3sccc3SN2C)no1. The molecular formula is C12H11N3O3S2. The lowest BCUT2D eigenvalue weighted by atomic mass is 10.1. The van der Waals surface area contributed by atoms with Crippen LogP contribution in [0.3, 0.4) is 0 Å². The molecule has 2 aromatic rings. The monoisotopic (exact) mass is 309 g/mol. The number of ketones is 1. The molecule has 6 nitrogen and oxygen atoms in total. The van der Waals surface area contributed by atoms with E-state index in [4.69, 9.17) is 4.52 Å². The summed E-state index contributed by atoms with van der Waals surface area (Å²) in [5, 5.41) is 8.15. The van der Waals surface area contributed by atoms with Crippen LogP contribution in [0.5, 0.6) is 0 Å². The number of rotatable bonds is 2. The summed E-state index contributed by atoms with van der Waals surface area (Å²) in [7, 11) is 1.72. The fourth-order valence-corrected chi connectivity index (χ4v) is 3.96. The number of anilines is 1. The van der Waals surface area contributed by atoms with E-state index in [0.717, 1.165) is 4.90 Å². The molecular weight excluding hydrogens is 298 g/mol. The minimum absolute atomic E-state index is 0.186. The minimum Gasteiger partial charge on any atom is -0.360 e. The third-order valence-electron chi connectivity index (χ3n) is 2.83. The van der Waals surface area contributed by atoms with Gasteiger partial charge in [0.2, 0.25) is 5.78 Å². The van der Waals surface area contributed by atoms with E-state index in [0.29, 0.717) is 16.5 Å². The Morgan fingerprint density at radius 1 is 1.55 bits per heavy atom. The fourth-order valence-electron chi connectivity index (χ4n) is 1.95. The highest BCUT2D eigenvalue weighted by molar-refractivity contribution is 7.97. The fraction of sp³-hybridized carbons (Fsp3) is 0.250. The molecule has 3 heterocycles. The third kappa shape index (κ3) is 2.26. The zero-order chi connectivity index (χ0) is 14.3. The molecule has 0 spiro atoms. The molecule has 1 aliphatic rings. The average molecular weight is 309 g/mol. The lowest BCUT2D eigenvalue weighted by molar-refractivity contribution is -0.118. The van der Waals surface area contributed by atoms with Crippen molar-refractivity contribution in [2.75, 3.05) is 12.4 Å². The van der Waals surface area contributed by atoms with Crippen molar-refractivity contribution < 1.29 is 14.1 Å². The number of thiophene rings is 1. The van der Waals surface area contributed by atoms with E-state index < -0.39 is 11.9 Å². The second-order valence-corrected chi connectivity index (χ2v) is 6.44. The number of aromatic nitrogens is 1. The van der Waals surface area contributed by atoms with Gasteiger partial charge in [-0.3, -0.25) is 9.59 Å². The molecule has 1 amide bonds. The molecule has 1 unspecified atom stereocenters. The molecule has 20 heavy (non-hydrogen) atoms. The Labute approximate surface area is 123 Å². The number of amides is 1. The molecule has 1 aliphatic heterocycles. The van der Waals surface area contributed by atoms with Gasteiger partial charge in [0, 0.05) is 11.0 Å². The Morgan fingerprint density at radius 2 is 2.35 bits per heavy atom. The van der Waals surface area contributed by atoms with Gasteiger partial charge in [0.1, 0.15) is 5.76 Å². The molecule has 0 saturated heterocycles. The number of nitrogens with one attached hydrogen (secondary N) is 1. The number of hydrogen-bond donors (Lipinski definition) is 1. The van der Waals surface area contributed by atoms with Crippen molar-refractivity contribution in [3.63, 3.8) is 0 Å². The van der Waals surface area contributed by atoms with E-state index in [9.17, 15) is 9.59 Å². The van der Waals surface area contributed by atoms with Crippen LogP contribution in [0.2, 0.25) is 0 Å². The lowest BCUT2D eigenvalue weighted by Crippen LogP contribution is -2.46. The molecule has 0 saturated carbocycles. The highest BCUT2D eigenvalue weighted by Crippen LogP contribution is 2.37. The summed E-state index contributed by atoms with van der Waals surface area (Å²) in [4.78, 5) is 26.2. The van der Waals surface area contributed by atoms with Crippen molar-refractivity contribution in [1.29, 1.82) is 0 Å². The highest BCUT2D eigenvalue weighted by Gasteiger charge is 2.38. The van der Waals surface area contributed by atoms with E-state index in [1.165, 1.54) is 23.3 Å². The number of Topliss-reactive ketones (excluding diaryl/α,β-unsaturated/α-hetero) is 1. The molecule has 1 atom stereocenters. The molecule has 104 valence electrons. The molecule has 0 aliphatic carbocycles. The summed E-state index contributed by atoms with van der Waals surface area (Å²) in [6.45, 7) is 1.73. The van der Waals surface area contributed by atoms with Crippen LogP contribution < -0.4 is 5.32 Å². The zero-order valence-electron chi connectivity index (χ0n) is 10.7. The van der Waals surface area contributed by atoms with Crippen molar-refractivity contribution in [3.05, 3.63) is 28.2 Å². The first kappa shape index (κ1) is 13.3. The number of hydrogen-bond acceptors (Lipinski definition) is 7. The maximum atomic E-state index is 12.4. The van der Waals surface area contributed by atoms with Gasteiger partial charge in [-0.2, -0.15) is 0 Å². The normalized spacial score (nSPS) is 18.9. The van der Waals surface area contributed by atoms with Crippen LogP contribution in [0.4, 0.5) is 5.82 Å². The maximum absolute atomic E-state index is 12.4. The van der Waals surface area contributed by atoms with Crippen LogP contribution in [-0.4, -0.2) is 34.2 Å². The largest absolute Gasteiger partial charge is 0.360 e. The van der Waals surface area contributed by atoms with Gasteiger partial charge in [-0.25, -0.2) is 4.31 Å². The van der Waals surface area contributed by atoms with Crippen molar-refractivity contribution in [1.82, 2.24) is 9.46 Å². The maximum Gasteiger partial charge on any atom is 0.251 e. The van der Waals surface area contributed by atoms with Crippen molar-refractivity contribution in [2.24, 2.45) is 0 Å². The van der Waals surface area contributed by atoms with Gasteiger partial charge in [-0.15, -0.1) is 11.3 Å². The second-order valence-electron chi connectivity index (χ2n) is 4.33. The Morgan fingerprint density at radius 3 is 3.05 bits per heavy atom. The van der Waals surface area contributed by atoms with E-state index in [2.05, 4.69) is 10.5 Å². The summed E-state index contributed by atoms with van der Waals surface area (Å²) in [6, 6.07) is 2.63. The third-order valence-corrected chi connectivity index (χ3v) is 4.93. The molecule has 2 aromatic heterocycles. The van der Waals surface area contributed by atoms with Gasteiger partial charge in [0.05, 0.1) is 4.88 Å². The minimum atomic E-state index is -0.858. The number of fused-ring (bicyclic) bond motifs is 1. The number of likely N-dealkylation sites (N-methyl/N-ethyl adjacent to an activating group) is 1. The topological polar surface area (TPSA) is 75.4 Å². The van der Waals surface area contributed by atoms with Crippen LogP contribution in [0, 0.1) is 6.92 Å². The Kier molecular flexibility index (Phi) is 3.36. The molecule has 1 N–H and O–H groups in total. The van der Waals surface area contributed by atoms with E-state index >= 15 is 0 Å². The summed E-state index contributed by atoms with van der Waals surface area (Å²) in [5.74, 6) is 0.320. The van der Waals surface area contributed by atoms with Crippen LogP contribution >= 0.6 is 23.3 Å². The van der Waals surface area contributed by atoms with Gasteiger partial charge in [0.25, 0.3) is 5.91 Å². The average Bonchev–Trinajstić information content (AvgIpc) is 2.98. The molecule has 0 radical (unpaired) electrons. The van der Waals surface area contributed by atoms with Gasteiger partial charge in [-0.05, 0) is 37.4 Å². The van der Waals surface area contributed by atoms with Gasteiger partial charge in [0.15, 0.2) is 11.9 Å². The summed E-state index contributed by atoms with van der Waals surface area (Å²) >= 11 is 2.75. The van der Waals surface area contributed by atoms with Crippen LogP contribution in [0.25, 0.3) is 0 Å². The highest BCUT2D eigenvalue weighted by atomic mass is 32.2. The quantitative estimate of drug-likeness (QED) is 0.677. The zero-order valence-corrected chi connectivity index (χ0v) is 12.4. The second kappa shape index (κ2) is 5.04. The number of aryl methyl sites for hydroxylation is 1. The molecule has 8 heteroatoms. The first-order valence-electron chi connectivity index (χ1n) is 5.83. The van der Waals surface area contributed by atoms with E-state index in [-0.39, 0.29) is 5.78 Å². The van der Waals surface area contributed by atoms with Crippen molar-refractivity contribution >= 4 is 40.8 Å². The van der Waals surface area contributed by atoms with Crippen LogP contribution in [-0.2, 0) is 4.79 Å². The Balaban J connectivity index is 1.83. The van der Waals surface area contributed by atoms with Gasteiger partial charge < -0.3 is 9.84 Å². The van der Waals surface area contributed by atoms with E-state index in [1.807, 2.05) is 11.4 Å². The standard InChI is InChI=1S/C12H11N3O3S2/c1-6-5-8(14-18-6)13-12(17)9-10(16)11-7(3-4-19-11)20-15(9)2/h3-5,9H,1-2H3,(H,13,14,17). The summed E-state index contributed by atoms with van der Waals surface area (Å²) < 4.78 is 6.54. The van der Waals surface area contributed by atoms with Gasteiger partial charge in [-0.1, -0.05) is 5.16 Å². The van der Waals surface area contributed by atoms with Crippen molar-refractivity contribution in [3.8, 4) is 0 Å². The molecule has 0 bridgehead atoms. The predicted octanol–water partition coefficient (Wildman–Crippen LogP) is 2.19. The summed E-state index contributed by atoms with van der Waals surface area (Å²) in [5.41, 5.74) is 0. The first-order chi connectivity index (χ1) is 9.56. The summed E-state index contributed by atoms with van der Waals surface area (Å²) in [6.07, 6.45) is 0. The molecule has 0 fully saturated rings. The Bertz CT molecular complexity index is 679. The van der Waals surface area contributed by atoms with Crippen LogP contribution in [0.1, 0.15) is 15.4 Å². The Hall–Kier alpha value is -1.64. The van der Waals surface area contributed by atoms with Crippen LogP contribution in [0.15, 0.2) is 26.9 Å². The number of carbonyl (C=O) groups excluding carboxylic acids is 2. The van der Waals surface area contributed by atoms with Gasteiger partial charge >= 0.3 is 0 Å². The van der Waals surface area contributed by atoms with E-state index in [1.54, 1.807) is 24.3 Å². The molecule has 0 aromatic carbocycles. The molecule has 3 rings (SSSR count). The number of nitrogens with zero attached hydrogens (tertiary/aromatic N) is 2. The predicted molar refractivity (Wildman–Crippen MR) is 75.9 cm³/mol. The number of carbonyl (C=O) groups is 2. The first-order valence-corrected chi connectivity index (χ1v) is 7.48. The van der Waals surface area contributed by atoms with Crippen molar-refractivity contribution in [2.45, 2.75) is 17.9 Å².